The van der Waals surface area contributed by atoms with Gasteiger partial charge in [0.1, 0.15) is 0 Å². The van der Waals surface area contributed by atoms with E-state index in [1.54, 1.807) is 41.5 Å². The molecule has 0 unspecified atom stereocenters. The van der Waals surface area contributed by atoms with E-state index in [1.807, 2.05) is 6.92 Å². The fraction of sp³-hybridized carbons (Fsp3) is 0.188. The number of aryl methyl sites for hydroxylation is 1. The van der Waals surface area contributed by atoms with E-state index < -0.39 is 20.2 Å². The second kappa shape index (κ2) is 13.8. The maximum Gasteiger partial charge on any atom is 0.394 e. The van der Waals surface area contributed by atoms with Crippen LogP contribution in [-0.4, -0.2) is 74.5 Å². The lowest BCUT2D eigenvalue weighted by Crippen LogP contribution is -2.04. The Morgan fingerprint density at radius 1 is 1.09 bits per heavy atom. The molecule has 3 rings (SSSR count). The number of thiazole rings is 1. The predicted molar refractivity (Wildman–Crippen MR) is 125 cm³/mol. The van der Waals surface area contributed by atoms with E-state index in [-0.39, 0.29) is 32.7 Å². The minimum Gasteiger partial charge on any atom is -0.412 e. The van der Waals surface area contributed by atoms with Crippen LogP contribution in [-0.2, 0) is 25.0 Å². The van der Waals surface area contributed by atoms with E-state index >= 15 is 0 Å². The number of hydrogen-bond acceptors (Lipinski definition) is 8. The number of rotatable bonds is 4. The number of amides is 1. The van der Waals surface area contributed by atoms with E-state index in [1.165, 1.54) is 24.5 Å². The van der Waals surface area contributed by atoms with E-state index in [0.29, 0.717) is 10.8 Å². The molecule has 18 heteroatoms. The van der Waals surface area contributed by atoms with Gasteiger partial charge < -0.3 is 31.8 Å². The molecule has 0 bridgehead atoms. The van der Waals surface area contributed by atoms with Crippen LogP contribution in [0, 0.1) is 6.92 Å². The fourth-order valence-corrected chi connectivity index (χ4v) is 4.31. The van der Waals surface area contributed by atoms with Crippen LogP contribution in [0.2, 0.25) is 0 Å². The number of anilines is 1. The third-order valence-corrected chi connectivity index (χ3v) is 5.75. The molecule has 15 nitrogen and oxygen atoms in total. The molecule has 0 spiro atoms. The van der Waals surface area contributed by atoms with Crippen molar-refractivity contribution >= 4 is 42.6 Å². The van der Waals surface area contributed by atoms with Crippen molar-refractivity contribution < 1.29 is 52.6 Å². The lowest BCUT2D eigenvalue weighted by atomic mass is 10.1. The van der Waals surface area contributed by atoms with E-state index in [4.69, 9.17) is 17.5 Å². The molecule has 1 amide bonds. The molecule has 0 aliphatic heterocycles. The molecule has 0 saturated carbocycles. The molecule has 1 aromatic carbocycles. The van der Waals surface area contributed by atoms with Crippen molar-refractivity contribution in [1.82, 2.24) is 14.5 Å². The van der Waals surface area contributed by atoms with Crippen molar-refractivity contribution in [1.29, 1.82) is 0 Å². The Hall–Kier alpha value is -2.81. The summed E-state index contributed by atoms with van der Waals surface area (Å²) >= 11 is 1.34. The van der Waals surface area contributed by atoms with Gasteiger partial charge in [-0.1, -0.05) is 17.4 Å². The van der Waals surface area contributed by atoms with Gasteiger partial charge in [-0.2, -0.15) is 8.42 Å². The molecule has 0 aliphatic rings. The zero-order valence-electron chi connectivity index (χ0n) is 18.0. The number of nitrogens with zero attached hydrogens (tertiary/aromatic N) is 3. The van der Waals surface area contributed by atoms with Crippen molar-refractivity contribution in [2.24, 2.45) is 0 Å². The average molecular weight is 547 g/mol. The molecular formula is C16H26N4O11S3. The van der Waals surface area contributed by atoms with Gasteiger partial charge in [-0.25, -0.2) is 18.4 Å². The highest BCUT2D eigenvalue weighted by Crippen LogP contribution is 2.35. The normalized spacial score (nSPS) is 10.1. The van der Waals surface area contributed by atoms with Crippen LogP contribution in [0.1, 0.15) is 12.6 Å². The first-order chi connectivity index (χ1) is 13.8. The van der Waals surface area contributed by atoms with Gasteiger partial charge >= 0.3 is 10.4 Å². The summed E-state index contributed by atoms with van der Waals surface area (Å²) in [5.74, 6) is -0.188. The molecule has 2 heterocycles. The lowest BCUT2D eigenvalue weighted by Gasteiger charge is -2.11. The zero-order chi connectivity index (χ0) is 22.7. The van der Waals surface area contributed by atoms with Crippen molar-refractivity contribution in [2.75, 3.05) is 11.6 Å². The molecule has 11 N–H and O–H groups in total. The number of carbonyl (C=O) groups is 1. The summed E-state index contributed by atoms with van der Waals surface area (Å²) < 4.78 is 57.4. The topological polar surface area (TPSA) is 295 Å². The molecule has 3 aromatic rings. The Balaban J connectivity index is -0.000000973. The van der Waals surface area contributed by atoms with Crippen LogP contribution < -0.4 is 5.32 Å². The molecular weight excluding hydrogens is 520 g/mol. The number of aromatic nitrogens is 3. The van der Waals surface area contributed by atoms with Gasteiger partial charge in [0.25, 0.3) is 0 Å². The summed E-state index contributed by atoms with van der Waals surface area (Å²) in [5, 5.41) is 3.18. The van der Waals surface area contributed by atoms with Crippen molar-refractivity contribution in [2.45, 2.75) is 18.7 Å². The zero-order valence-corrected chi connectivity index (χ0v) is 20.4. The minimum absolute atomic E-state index is 0. The first kappa shape index (κ1) is 35.8. The molecule has 194 valence electrons. The maximum atomic E-state index is 12.1. The Kier molecular flexibility index (Phi) is 14.5. The average Bonchev–Trinajstić information content (AvgIpc) is 3.21. The lowest BCUT2D eigenvalue weighted by molar-refractivity contribution is -0.114. The Morgan fingerprint density at radius 2 is 1.65 bits per heavy atom. The van der Waals surface area contributed by atoms with Crippen LogP contribution in [0.3, 0.4) is 0 Å². The number of hydrogen-bond donors (Lipinski definition) is 3. The minimum atomic E-state index is -4.67. The summed E-state index contributed by atoms with van der Waals surface area (Å²) in [6.45, 7) is 3.27. The Morgan fingerprint density at radius 3 is 2.09 bits per heavy atom. The van der Waals surface area contributed by atoms with Crippen LogP contribution in [0.15, 0.2) is 41.8 Å². The van der Waals surface area contributed by atoms with Gasteiger partial charge in [0, 0.05) is 25.6 Å². The molecule has 34 heavy (non-hydrogen) atoms. The van der Waals surface area contributed by atoms with Gasteiger partial charge in [0.15, 0.2) is 15.0 Å². The van der Waals surface area contributed by atoms with Crippen molar-refractivity contribution in [3.05, 3.63) is 42.6 Å². The van der Waals surface area contributed by atoms with E-state index in [0.717, 1.165) is 16.1 Å². The summed E-state index contributed by atoms with van der Waals surface area (Å²) in [7, 11) is -8.06. The predicted octanol–water partition coefficient (Wildman–Crippen LogP) is -1.29. The maximum absolute atomic E-state index is 12.1. The molecule has 0 atom stereocenters. The highest BCUT2D eigenvalue weighted by molar-refractivity contribution is 7.90. The van der Waals surface area contributed by atoms with Gasteiger partial charge in [0.2, 0.25) is 5.91 Å². The van der Waals surface area contributed by atoms with Gasteiger partial charge in [-0.05, 0) is 24.6 Å². The Bertz CT molecular complexity index is 1260. The van der Waals surface area contributed by atoms with Gasteiger partial charge in [-0.3, -0.25) is 13.9 Å². The van der Waals surface area contributed by atoms with Crippen LogP contribution in [0.25, 0.3) is 16.1 Å². The van der Waals surface area contributed by atoms with Crippen LogP contribution in [0.5, 0.6) is 0 Å². The third-order valence-electron chi connectivity index (χ3n) is 3.48. The third kappa shape index (κ3) is 10.4. The van der Waals surface area contributed by atoms with Crippen molar-refractivity contribution in [3.63, 3.8) is 0 Å². The first-order valence-corrected chi connectivity index (χ1v) is 12.1. The molecule has 0 saturated heterocycles. The highest BCUT2D eigenvalue weighted by atomic mass is 32.3. The smallest absolute Gasteiger partial charge is 0.394 e. The fourth-order valence-electron chi connectivity index (χ4n) is 2.44. The number of imidazole rings is 1. The second-order valence-electron chi connectivity index (χ2n) is 5.99. The number of sulfone groups is 1. The summed E-state index contributed by atoms with van der Waals surface area (Å²) in [4.78, 5) is 20.6. The molecule has 2 aromatic heterocycles. The summed E-state index contributed by atoms with van der Waals surface area (Å²) in [6, 6.07) is 5.11. The van der Waals surface area contributed by atoms with Crippen LogP contribution >= 0.6 is 11.3 Å². The standard InChI is InChI=1S/C16H16N4O3S2.H2O4S.4H2O/c1-10-15(24-16(18-10)19-11(2)21)12-4-5-14(25(3,22)23)13(8-12)20-7-6-17-9-20;1-5(2,3)4;;;;/h4-9H,1-3H3,(H,18,19,21);(H2,1,2,3,4);4*1H2. The number of nitrogens with one attached hydrogen (secondary N) is 1. The van der Waals surface area contributed by atoms with E-state index in [2.05, 4.69) is 15.3 Å². The highest BCUT2D eigenvalue weighted by Gasteiger charge is 2.18. The SMILES string of the molecule is CC(=O)Nc1nc(C)c(-c2ccc(S(C)(=O)=O)c(-n3ccnc3)c2)s1.O.O.O.O.O=S(=O)(O)O. The summed E-state index contributed by atoms with van der Waals surface area (Å²) in [6.07, 6.45) is 6.01. The first-order valence-electron chi connectivity index (χ1n) is 8.03. The monoisotopic (exact) mass is 546 g/mol. The van der Waals surface area contributed by atoms with Crippen molar-refractivity contribution in [3.8, 4) is 16.1 Å². The van der Waals surface area contributed by atoms with E-state index in [9.17, 15) is 13.2 Å². The largest absolute Gasteiger partial charge is 0.412 e. The Labute approximate surface area is 198 Å². The molecule has 0 radical (unpaired) electrons. The quantitative estimate of drug-likeness (QED) is 0.327. The van der Waals surface area contributed by atoms with Gasteiger partial charge in [0.05, 0.1) is 27.5 Å². The summed E-state index contributed by atoms with van der Waals surface area (Å²) in [5.41, 5.74) is 2.10. The molecule has 0 fully saturated rings. The van der Waals surface area contributed by atoms with Gasteiger partial charge in [-0.15, -0.1) is 0 Å². The molecule has 0 aliphatic carbocycles. The van der Waals surface area contributed by atoms with Crippen LogP contribution in [0.4, 0.5) is 5.13 Å². The number of carbonyl (C=O) groups excluding carboxylic acids is 1. The number of benzene rings is 1. The second-order valence-corrected chi connectivity index (χ2v) is 9.87.